The minimum absolute atomic E-state index is 0.124. The van der Waals surface area contributed by atoms with Crippen molar-refractivity contribution in [1.82, 2.24) is 9.47 Å². The molecule has 2 heterocycles. The van der Waals surface area contributed by atoms with Gasteiger partial charge in [-0.05, 0) is 54.3 Å². The molecule has 1 aromatic heterocycles. The molecule has 1 fully saturated rings. The summed E-state index contributed by atoms with van der Waals surface area (Å²) in [6.07, 6.45) is 3.71. The zero-order valence-corrected chi connectivity index (χ0v) is 19.4. The van der Waals surface area contributed by atoms with E-state index in [0.717, 1.165) is 21.8 Å². The molecule has 9 heteroatoms. The molecule has 0 unspecified atom stereocenters. The van der Waals surface area contributed by atoms with Gasteiger partial charge in [0.1, 0.15) is 16.5 Å². The lowest BCUT2D eigenvalue weighted by Gasteiger charge is -2.26. The number of aromatic nitrogens is 1. The van der Waals surface area contributed by atoms with Gasteiger partial charge in [0.15, 0.2) is 5.57 Å². The molecule has 0 N–H and O–H groups in total. The highest BCUT2D eigenvalue weighted by Crippen LogP contribution is 2.15. The van der Waals surface area contributed by atoms with E-state index in [1.807, 2.05) is 36.6 Å². The second-order valence-corrected chi connectivity index (χ2v) is 9.11. The second-order valence-electron chi connectivity index (χ2n) is 7.20. The number of rotatable bonds is 4. The van der Waals surface area contributed by atoms with E-state index in [1.165, 1.54) is 28.8 Å². The number of thioether (sulfide) groups is 1. The lowest BCUT2D eigenvalue weighted by molar-refractivity contribution is -0.128. The number of benzene rings is 2. The molecule has 1 saturated heterocycles. The number of hydrogen-bond donors (Lipinski definition) is 0. The van der Waals surface area contributed by atoms with Crippen molar-refractivity contribution in [2.45, 2.75) is 4.90 Å². The van der Waals surface area contributed by atoms with Gasteiger partial charge >= 0.3 is 0 Å². The van der Waals surface area contributed by atoms with Crippen LogP contribution in [-0.2, 0) is 9.53 Å². The lowest BCUT2D eigenvalue weighted by Crippen LogP contribution is -2.42. The molecule has 0 saturated carbocycles. The maximum atomic E-state index is 13.5. The first-order chi connectivity index (χ1) is 16.0. The number of amides is 1. The Balaban J connectivity index is 1.95. The first-order valence-corrected chi connectivity index (χ1v) is 12.2. The van der Waals surface area contributed by atoms with Gasteiger partial charge in [0.05, 0.1) is 23.4 Å². The fraction of sp³-hybridized carbons (Fsp3) is 0.208. The van der Waals surface area contributed by atoms with Crippen LogP contribution in [0.3, 0.4) is 0 Å². The molecule has 1 aliphatic heterocycles. The van der Waals surface area contributed by atoms with Crippen molar-refractivity contribution in [1.29, 1.82) is 5.26 Å². The second kappa shape index (κ2) is 10.2. The summed E-state index contributed by atoms with van der Waals surface area (Å²) in [5.74, 6) is -0.896. The maximum absolute atomic E-state index is 13.5. The number of morpholine rings is 1. The van der Waals surface area contributed by atoms with Gasteiger partial charge in [-0.3, -0.25) is 14.2 Å². The largest absolute Gasteiger partial charge is 0.378 e. The zero-order chi connectivity index (χ0) is 23.4. The summed E-state index contributed by atoms with van der Waals surface area (Å²) in [5, 5.41) is 9.90. The maximum Gasteiger partial charge on any atom is 0.273 e. The van der Waals surface area contributed by atoms with Gasteiger partial charge in [0.2, 0.25) is 0 Å². The van der Waals surface area contributed by atoms with Crippen molar-refractivity contribution in [3.05, 3.63) is 79.5 Å². The van der Waals surface area contributed by atoms with Crippen LogP contribution in [0.4, 0.5) is 4.39 Å². The summed E-state index contributed by atoms with van der Waals surface area (Å²) in [5.41, 5.74) is 0.702. The van der Waals surface area contributed by atoms with Gasteiger partial charge in [-0.15, -0.1) is 23.1 Å². The Morgan fingerprint density at radius 1 is 1.15 bits per heavy atom. The smallest absolute Gasteiger partial charge is 0.273 e. The van der Waals surface area contributed by atoms with Crippen molar-refractivity contribution in [2.75, 3.05) is 32.6 Å². The highest BCUT2D eigenvalue weighted by Gasteiger charge is 2.24. The Labute approximate surface area is 197 Å². The van der Waals surface area contributed by atoms with Crippen LogP contribution in [0, 0.1) is 17.1 Å². The number of nitriles is 1. The predicted molar refractivity (Wildman–Crippen MR) is 127 cm³/mol. The van der Waals surface area contributed by atoms with Crippen LogP contribution in [0.25, 0.3) is 17.3 Å². The molecule has 1 aliphatic rings. The van der Waals surface area contributed by atoms with Gasteiger partial charge in [-0.25, -0.2) is 4.39 Å². The Morgan fingerprint density at radius 2 is 1.82 bits per heavy atom. The molecule has 168 valence electrons. The Kier molecular flexibility index (Phi) is 7.08. The van der Waals surface area contributed by atoms with E-state index in [4.69, 9.17) is 4.74 Å². The van der Waals surface area contributed by atoms with Gasteiger partial charge in [-0.1, -0.05) is 12.1 Å². The minimum atomic E-state index is -0.450. The summed E-state index contributed by atoms with van der Waals surface area (Å²) >= 11 is 2.69. The number of nitrogens with zero attached hydrogens (tertiary/aromatic N) is 3. The summed E-state index contributed by atoms with van der Waals surface area (Å²) < 4.78 is 20.7. The third kappa shape index (κ3) is 4.93. The van der Waals surface area contributed by atoms with Crippen LogP contribution in [0.2, 0.25) is 0 Å². The van der Waals surface area contributed by atoms with Crippen LogP contribution in [0.1, 0.15) is 5.56 Å². The molecule has 0 bridgehead atoms. The number of carbonyl (C=O) groups is 1. The molecular weight excluding hydrogens is 461 g/mol. The van der Waals surface area contributed by atoms with E-state index >= 15 is 0 Å². The van der Waals surface area contributed by atoms with Crippen LogP contribution in [0.15, 0.2) is 58.2 Å². The molecule has 4 rings (SSSR count). The minimum Gasteiger partial charge on any atom is -0.378 e. The summed E-state index contributed by atoms with van der Waals surface area (Å²) in [6, 6.07) is 15.1. The highest BCUT2D eigenvalue weighted by molar-refractivity contribution is 7.98. The number of carbonyl (C=O) groups excluding carboxylic acids is 1. The summed E-state index contributed by atoms with van der Waals surface area (Å²) in [6.45, 7) is 1.53. The van der Waals surface area contributed by atoms with Gasteiger partial charge in [0, 0.05) is 18.0 Å². The lowest BCUT2D eigenvalue weighted by atomic mass is 10.2. The van der Waals surface area contributed by atoms with E-state index in [0.29, 0.717) is 36.5 Å². The van der Waals surface area contributed by atoms with Crippen molar-refractivity contribution >= 4 is 40.7 Å². The van der Waals surface area contributed by atoms with Crippen LogP contribution in [-0.4, -0.2) is 47.9 Å². The molecule has 0 radical (unpaired) electrons. The van der Waals surface area contributed by atoms with Crippen molar-refractivity contribution in [3.63, 3.8) is 0 Å². The first-order valence-electron chi connectivity index (χ1n) is 10.2. The SMILES string of the molecule is CSc1ccc(/C=c2\s/c(=C(/C#N)C(=O)N3CCOCC3)n(-c3ccc(F)cc3)c2=O)cc1. The average Bonchev–Trinajstić information content (AvgIpc) is 3.16. The Bertz CT molecular complexity index is 1380. The highest BCUT2D eigenvalue weighted by atomic mass is 32.2. The first kappa shape index (κ1) is 23.0. The van der Waals surface area contributed by atoms with Gasteiger partial charge in [-0.2, -0.15) is 5.26 Å². The number of ether oxygens (including phenoxy) is 1. The fourth-order valence-corrected chi connectivity index (χ4v) is 4.94. The third-order valence-corrected chi connectivity index (χ3v) is 7.00. The predicted octanol–water partition coefficient (Wildman–Crippen LogP) is 2.12. The van der Waals surface area contributed by atoms with E-state index in [-0.39, 0.29) is 15.8 Å². The standard InChI is InChI=1S/C24H20FN3O3S2/c1-32-19-8-2-16(3-9-19)14-21-23(30)28(18-6-4-17(25)5-7-18)24(33-21)20(15-26)22(29)27-10-12-31-13-11-27/h2-9,14H,10-13H2,1H3/b21-14-,24-20-. The van der Waals surface area contributed by atoms with E-state index in [2.05, 4.69) is 0 Å². The number of hydrogen-bond acceptors (Lipinski definition) is 6. The topological polar surface area (TPSA) is 75.3 Å². The zero-order valence-electron chi connectivity index (χ0n) is 17.8. The monoisotopic (exact) mass is 481 g/mol. The van der Waals surface area contributed by atoms with Crippen molar-refractivity contribution < 1.29 is 13.9 Å². The Morgan fingerprint density at radius 3 is 2.42 bits per heavy atom. The molecule has 6 nitrogen and oxygen atoms in total. The normalized spacial score (nSPS) is 15.3. The molecule has 2 aromatic carbocycles. The molecule has 0 aliphatic carbocycles. The quantitative estimate of drug-likeness (QED) is 0.534. The van der Waals surface area contributed by atoms with Crippen LogP contribution < -0.4 is 14.8 Å². The number of halogens is 1. The summed E-state index contributed by atoms with van der Waals surface area (Å²) in [7, 11) is 0. The summed E-state index contributed by atoms with van der Waals surface area (Å²) in [4.78, 5) is 29.2. The molecule has 0 atom stereocenters. The molecule has 0 spiro atoms. The fourth-order valence-electron chi connectivity index (χ4n) is 3.44. The van der Waals surface area contributed by atoms with E-state index in [1.54, 1.807) is 22.7 Å². The van der Waals surface area contributed by atoms with Crippen molar-refractivity contribution in [2.24, 2.45) is 0 Å². The molecule has 33 heavy (non-hydrogen) atoms. The molecule has 3 aromatic rings. The van der Waals surface area contributed by atoms with E-state index in [9.17, 15) is 19.2 Å². The van der Waals surface area contributed by atoms with Gasteiger partial charge < -0.3 is 9.64 Å². The molecule has 1 amide bonds. The van der Waals surface area contributed by atoms with E-state index < -0.39 is 11.7 Å². The molecular formula is C24H20FN3O3S2. The van der Waals surface area contributed by atoms with Gasteiger partial charge in [0.25, 0.3) is 11.5 Å². The number of thiazole rings is 1. The Hall–Kier alpha value is -3.19. The average molecular weight is 482 g/mol. The third-order valence-electron chi connectivity index (χ3n) is 5.16. The van der Waals surface area contributed by atoms with Crippen LogP contribution in [0.5, 0.6) is 0 Å². The van der Waals surface area contributed by atoms with Crippen molar-refractivity contribution in [3.8, 4) is 11.8 Å². The van der Waals surface area contributed by atoms with Crippen LogP contribution >= 0.6 is 23.1 Å².